The topological polar surface area (TPSA) is 49.4 Å². The summed E-state index contributed by atoms with van der Waals surface area (Å²) in [6.45, 7) is 7.17. The number of hydrogen-bond donors (Lipinski definition) is 1. The van der Waals surface area contributed by atoms with Crippen LogP contribution >= 0.6 is 11.3 Å². The maximum absolute atomic E-state index is 12.7. The molecule has 2 aliphatic rings. The fourth-order valence-electron chi connectivity index (χ4n) is 3.24. The van der Waals surface area contributed by atoms with Gasteiger partial charge in [0.15, 0.2) is 0 Å². The van der Waals surface area contributed by atoms with Gasteiger partial charge in [-0.3, -0.25) is 0 Å². The maximum atomic E-state index is 12.7. The summed E-state index contributed by atoms with van der Waals surface area (Å²) in [5.74, 6) is 0. The van der Waals surface area contributed by atoms with E-state index in [1.54, 1.807) is 4.31 Å². The van der Waals surface area contributed by atoms with E-state index in [0.717, 1.165) is 36.4 Å². The van der Waals surface area contributed by atoms with Crippen LogP contribution in [0.1, 0.15) is 23.3 Å². The van der Waals surface area contributed by atoms with E-state index in [2.05, 4.69) is 5.32 Å². The van der Waals surface area contributed by atoms with Crippen LogP contribution in [-0.4, -0.2) is 38.9 Å². The minimum absolute atomic E-state index is 0.188. The van der Waals surface area contributed by atoms with Gasteiger partial charge in [0, 0.05) is 24.5 Å². The lowest BCUT2D eigenvalue weighted by atomic mass is 9.87. The van der Waals surface area contributed by atoms with Crippen molar-refractivity contribution in [3.63, 3.8) is 0 Å². The molecular weight excluding hydrogens is 280 g/mol. The average molecular weight is 300 g/mol. The van der Waals surface area contributed by atoms with Crippen LogP contribution in [0.15, 0.2) is 10.3 Å². The van der Waals surface area contributed by atoms with Crippen LogP contribution in [0.5, 0.6) is 0 Å². The highest BCUT2D eigenvalue weighted by Crippen LogP contribution is 2.39. The van der Waals surface area contributed by atoms with E-state index in [0.29, 0.717) is 17.3 Å². The van der Waals surface area contributed by atoms with Gasteiger partial charge in [0.1, 0.15) is 4.21 Å². The molecule has 1 aromatic rings. The van der Waals surface area contributed by atoms with Gasteiger partial charge in [-0.05, 0) is 50.3 Å². The van der Waals surface area contributed by atoms with E-state index in [1.807, 2.05) is 19.9 Å². The molecule has 0 radical (unpaired) electrons. The molecule has 1 spiro atoms. The van der Waals surface area contributed by atoms with Crippen molar-refractivity contribution in [2.24, 2.45) is 5.41 Å². The fourth-order valence-corrected chi connectivity index (χ4v) is 6.59. The summed E-state index contributed by atoms with van der Waals surface area (Å²) in [5.41, 5.74) is 1.07. The van der Waals surface area contributed by atoms with Crippen molar-refractivity contribution >= 4 is 21.4 Å². The number of nitrogens with one attached hydrogen (secondary N) is 1. The molecule has 1 atom stereocenters. The van der Waals surface area contributed by atoms with Crippen molar-refractivity contribution in [2.45, 2.75) is 30.9 Å². The molecule has 1 unspecified atom stereocenters. The van der Waals surface area contributed by atoms with E-state index < -0.39 is 10.0 Å². The number of aryl methyl sites for hydroxylation is 2. The summed E-state index contributed by atoms with van der Waals surface area (Å²) in [5, 5.41) is 3.36. The maximum Gasteiger partial charge on any atom is 0.252 e. The third kappa shape index (κ3) is 2.24. The Hall–Kier alpha value is -0.430. The molecule has 0 aromatic carbocycles. The predicted molar refractivity (Wildman–Crippen MR) is 77.1 cm³/mol. The Morgan fingerprint density at radius 3 is 2.74 bits per heavy atom. The van der Waals surface area contributed by atoms with Crippen LogP contribution in [0.4, 0.5) is 0 Å². The van der Waals surface area contributed by atoms with Crippen LogP contribution in [0.3, 0.4) is 0 Å². The second-order valence-electron chi connectivity index (χ2n) is 5.84. The summed E-state index contributed by atoms with van der Waals surface area (Å²) in [6, 6.07) is 1.96. The lowest BCUT2D eigenvalue weighted by molar-refractivity contribution is 0.338. The summed E-state index contributed by atoms with van der Waals surface area (Å²) < 4.78 is 27.7. The zero-order chi connectivity index (χ0) is 13.7. The van der Waals surface area contributed by atoms with Crippen molar-refractivity contribution in [3.8, 4) is 0 Å². The molecule has 1 N–H and O–H groups in total. The molecule has 2 aliphatic heterocycles. The molecule has 1 aromatic heterocycles. The van der Waals surface area contributed by atoms with Crippen molar-refractivity contribution < 1.29 is 8.42 Å². The first-order chi connectivity index (χ1) is 8.93. The fraction of sp³-hybridized carbons (Fsp3) is 0.692. The molecule has 2 fully saturated rings. The summed E-state index contributed by atoms with van der Waals surface area (Å²) in [4.78, 5) is 1.06. The van der Waals surface area contributed by atoms with Crippen LogP contribution in [0, 0.1) is 19.3 Å². The molecule has 0 aliphatic carbocycles. The highest BCUT2D eigenvalue weighted by Gasteiger charge is 2.45. The number of thiophene rings is 1. The normalized spacial score (nSPS) is 28.5. The quantitative estimate of drug-likeness (QED) is 0.905. The Morgan fingerprint density at radius 2 is 2.16 bits per heavy atom. The molecule has 3 rings (SSSR count). The van der Waals surface area contributed by atoms with E-state index in [-0.39, 0.29) is 5.41 Å². The van der Waals surface area contributed by atoms with E-state index >= 15 is 0 Å². The van der Waals surface area contributed by atoms with Gasteiger partial charge in [-0.25, -0.2) is 8.42 Å². The first kappa shape index (κ1) is 13.5. The molecule has 0 saturated carbocycles. The van der Waals surface area contributed by atoms with E-state index in [1.165, 1.54) is 11.3 Å². The van der Waals surface area contributed by atoms with Gasteiger partial charge in [0.25, 0.3) is 10.0 Å². The van der Waals surface area contributed by atoms with Crippen molar-refractivity contribution in [1.82, 2.24) is 9.62 Å². The number of sulfonamides is 1. The van der Waals surface area contributed by atoms with Crippen molar-refractivity contribution in [3.05, 3.63) is 16.5 Å². The van der Waals surface area contributed by atoms with Gasteiger partial charge in [-0.2, -0.15) is 4.31 Å². The number of hydrogen-bond acceptors (Lipinski definition) is 4. The van der Waals surface area contributed by atoms with Crippen LogP contribution in [0.25, 0.3) is 0 Å². The molecule has 0 bridgehead atoms. The van der Waals surface area contributed by atoms with Gasteiger partial charge >= 0.3 is 0 Å². The zero-order valence-corrected chi connectivity index (χ0v) is 13.0. The third-order valence-corrected chi connectivity index (χ3v) is 7.92. The van der Waals surface area contributed by atoms with Crippen LogP contribution < -0.4 is 5.32 Å². The Labute approximate surface area is 118 Å². The monoisotopic (exact) mass is 300 g/mol. The first-order valence-corrected chi connectivity index (χ1v) is 8.97. The third-order valence-electron chi connectivity index (χ3n) is 4.31. The first-order valence-electron chi connectivity index (χ1n) is 6.71. The molecule has 3 heterocycles. The summed E-state index contributed by atoms with van der Waals surface area (Å²) in [7, 11) is -3.29. The lowest BCUT2D eigenvalue weighted by Gasteiger charge is -2.22. The standard InChI is InChI=1S/C13H20N2O2S2/c1-10-7-11(2)18-12(10)19(16,17)15-6-4-13(9-15)3-5-14-8-13/h7,14H,3-6,8-9H2,1-2H3. The second-order valence-corrected chi connectivity index (χ2v) is 9.23. The Bertz CT molecular complexity index is 586. The molecular formula is C13H20N2O2S2. The van der Waals surface area contributed by atoms with Crippen molar-refractivity contribution in [2.75, 3.05) is 26.2 Å². The molecule has 2 saturated heterocycles. The smallest absolute Gasteiger partial charge is 0.252 e. The second kappa shape index (κ2) is 4.55. The number of nitrogens with zero attached hydrogens (tertiary/aromatic N) is 1. The lowest BCUT2D eigenvalue weighted by Crippen LogP contribution is -2.33. The van der Waals surface area contributed by atoms with Gasteiger partial charge in [-0.15, -0.1) is 11.3 Å². The largest absolute Gasteiger partial charge is 0.316 e. The minimum Gasteiger partial charge on any atom is -0.316 e. The van der Waals surface area contributed by atoms with Gasteiger partial charge < -0.3 is 5.32 Å². The van der Waals surface area contributed by atoms with E-state index in [9.17, 15) is 8.42 Å². The zero-order valence-electron chi connectivity index (χ0n) is 11.4. The van der Waals surface area contributed by atoms with Gasteiger partial charge in [0.05, 0.1) is 0 Å². The number of rotatable bonds is 2. The van der Waals surface area contributed by atoms with Crippen molar-refractivity contribution in [1.29, 1.82) is 0 Å². The van der Waals surface area contributed by atoms with Crippen LogP contribution in [-0.2, 0) is 10.0 Å². The summed E-state index contributed by atoms with van der Waals surface area (Å²) in [6.07, 6.45) is 2.09. The SMILES string of the molecule is Cc1cc(C)c(S(=O)(=O)N2CCC3(CCNC3)C2)s1. The highest BCUT2D eigenvalue weighted by molar-refractivity contribution is 7.91. The molecule has 0 amide bonds. The molecule has 106 valence electrons. The van der Waals surface area contributed by atoms with Crippen LogP contribution in [0.2, 0.25) is 0 Å². The molecule has 19 heavy (non-hydrogen) atoms. The Balaban J connectivity index is 1.88. The Morgan fingerprint density at radius 1 is 1.37 bits per heavy atom. The van der Waals surface area contributed by atoms with Gasteiger partial charge in [0.2, 0.25) is 0 Å². The predicted octanol–water partition coefficient (Wildman–Crippen LogP) is 1.74. The highest BCUT2D eigenvalue weighted by atomic mass is 32.2. The minimum atomic E-state index is -3.29. The molecule has 6 heteroatoms. The Kier molecular flexibility index (Phi) is 3.24. The molecule has 4 nitrogen and oxygen atoms in total. The van der Waals surface area contributed by atoms with Gasteiger partial charge in [-0.1, -0.05) is 0 Å². The van der Waals surface area contributed by atoms with E-state index in [4.69, 9.17) is 0 Å². The summed E-state index contributed by atoms with van der Waals surface area (Å²) >= 11 is 1.39. The average Bonchev–Trinajstić information content (AvgIpc) is 3.03.